The van der Waals surface area contributed by atoms with Crippen LogP contribution in [0, 0.1) is 5.92 Å². The molecule has 0 aliphatic rings. The summed E-state index contributed by atoms with van der Waals surface area (Å²) >= 11 is 3.54. The summed E-state index contributed by atoms with van der Waals surface area (Å²) < 4.78 is 1.10. The van der Waals surface area contributed by atoms with Gasteiger partial charge in [-0.1, -0.05) is 35.8 Å². The average Bonchev–Trinajstić information content (AvgIpc) is 2.16. The lowest BCUT2D eigenvalue weighted by Gasteiger charge is -2.24. The van der Waals surface area contributed by atoms with Gasteiger partial charge in [0.2, 0.25) is 0 Å². The molecule has 1 aromatic rings. The van der Waals surface area contributed by atoms with Crippen LogP contribution in [0.3, 0.4) is 0 Å². The van der Waals surface area contributed by atoms with E-state index in [0.29, 0.717) is 12.5 Å². The number of nitrogens with zero attached hydrogens (tertiary/aromatic N) is 1. The molecule has 0 aliphatic heterocycles. The summed E-state index contributed by atoms with van der Waals surface area (Å²) in [5.41, 5.74) is 8.17. The van der Waals surface area contributed by atoms with E-state index in [9.17, 15) is 0 Å². The summed E-state index contributed by atoms with van der Waals surface area (Å²) in [6.07, 6.45) is 0. The molecule has 3 heteroatoms. The van der Waals surface area contributed by atoms with Gasteiger partial charge in [0.1, 0.15) is 0 Å². The lowest BCUT2D eigenvalue weighted by Crippen LogP contribution is -2.24. The van der Waals surface area contributed by atoms with E-state index in [4.69, 9.17) is 5.73 Å². The van der Waals surface area contributed by atoms with Crippen molar-refractivity contribution < 1.29 is 0 Å². The molecule has 0 atom stereocenters. The molecule has 84 valence electrons. The van der Waals surface area contributed by atoms with Crippen molar-refractivity contribution in [3.63, 3.8) is 0 Å². The minimum Gasteiger partial charge on any atom is -0.374 e. The average molecular weight is 271 g/mol. The highest BCUT2D eigenvalue weighted by molar-refractivity contribution is 9.10. The lowest BCUT2D eigenvalue weighted by molar-refractivity contribution is 0.637. The molecule has 2 N–H and O–H groups in total. The van der Waals surface area contributed by atoms with Crippen LogP contribution in [0.25, 0.3) is 0 Å². The fourth-order valence-corrected chi connectivity index (χ4v) is 2.27. The second kappa shape index (κ2) is 5.52. The maximum absolute atomic E-state index is 5.76. The van der Waals surface area contributed by atoms with E-state index in [1.165, 1.54) is 11.3 Å². The van der Waals surface area contributed by atoms with E-state index in [-0.39, 0.29) is 0 Å². The van der Waals surface area contributed by atoms with E-state index >= 15 is 0 Å². The maximum Gasteiger partial charge on any atom is 0.0420 e. The van der Waals surface area contributed by atoms with Crippen molar-refractivity contribution in [3.8, 4) is 0 Å². The smallest absolute Gasteiger partial charge is 0.0420 e. The standard InChI is InChI=1S/C12H19BrN2/c1-9(2)8-15(3)12-6-4-5-11(13)10(12)7-14/h4-6,9H,7-8,14H2,1-3H3. The van der Waals surface area contributed by atoms with Gasteiger partial charge in [-0.05, 0) is 18.1 Å². The summed E-state index contributed by atoms with van der Waals surface area (Å²) in [5, 5.41) is 0. The van der Waals surface area contributed by atoms with Crippen LogP contribution in [0.5, 0.6) is 0 Å². The van der Waals surface area contributed by atoms with Gasteiger partial charge >= 0.3 is 0 Å². The summed E-state index contributed by atoms with van der Waals surface area (Å²) in [6.45, 7) is 6.05. The van der Waals surface area contributed by atoms with Crippen LogP contribution < -0.4 is 10.6 Å². The quantitative estimate of drug-likeness (QED) is 0.912. The molecule has 0 aromatic heterocycles. The van der Waals surface area contributed by atoms with Gasteiger partial charge in [0.05, 0.1) is 0 Å². The molecule has 0 spiro atoms. The van der Waals surface area contributed by atoms with E-state index < -0.39 is 0 Å². The molecule has 0 saturated heterocycles. The third kappa shape index (κ3) is 3.21. The van der Waals surface area contributed by atoms with Gasteiger partial charge in [-0.25, -0.2) is 0 Å². The van der Waals surface area contributed by atoms with Crippen LogP contribution in [0.4, 0.5) is 5.69 Å². The molecule has 0 saturated carbocycles. The predicted octanol–water partition coefficient (Wildman–Crippen LogP) is 3.00. The Morgan fingerprint density at radius 1 is 1.40 bits per heavy atom. The van der Waals surface area contributed by atoms with E-state index in [2.05, 4.69) is 53.9 Å². The van der Waals surface area contributed by atoms with Gasteiger partial charge in [-0.15, -0.1) is 0 Å². The Hall–Kier alpha value is -0.540. The molecular formula is C12H19BrN2. The van der Waals surface area contributed by atoms with Gasteiger partial charge in [0.25, 0.3) is 0 Å². The number of halogens is 1. The topological polar surface area (TPSA) is 29.3 Å². The highest BCUT2D eigenvalue weighted by Crippen LogP contribution is 2.27. The molecule has 0 heterocycles. The number of hydrogen-bond acceptors (Lipinski definition) is 2. The summed E-state index contributed by atoms with van der Waals surface area (Å²) in [4.78, 5) is 2.26. The minimum atomic E-state index is 0.569. The van der Waals surface area contributed by atoms with Gasteiger partial charge in [-0.3, -0.25) is 0 Å². The zero-order chi connectivity index (χ0) is 11.4. The predicted molar refractivity (Wildman–Crippen MR) is 70.1 cm³/mol. The Labute approximate surface area is 101 Å². The Morgan fingerprint density at radius 2 is 2.07 bits per heavy atom. The van der Waals surface area contributed by atoms with Crippen LogP contribution in [0.2, 0.25) is 0 Å². The van der Waals surface area contributed by atoms with Crippen molar-refractivity contribution in [1.29, 1.82) is 0 Å². The first-order chi connectivity index (χ1) is 7.06. The number of hydrogen-bond donors (Lipinski definition) is 1. The monoisotopic (exact) mass is 270 g/mol. The molecule has 1 rings (SSSR count). The van der Waals surface area contributed by atoms with Gasteiger partial charge in [0, 0.05) is 35.9 Å². The zero-order valence-electron chi connectivity index (χ0n) is 9.63. The van der Waals surface area contributed by atoms with Crippen molar-refractivity contribution >= 4 is 21.6 Å². The second-order valence-corrected chi connectivity index (χ2v) is 5.07. The molecule has 0 aliphatic carbocycles. The molecule has 0 amide bonds. The van der Waals surface area contributed by atoms with Crippen molar-refractivity contribution in [2.24, 2.45) is 11.7 Å². The van der Waals surface area contributed by atoms with E-state index in [1.54, 1.807) is 0 Å². The van der Waals surface area contributed by atoms with Crippen LogP contribution in [-0.4, -0.2) is 13.6 Å². The summed E-state index contributed by atoms with van der Waals surface area (Å²) in [5.74, 6) is 0.652. The molecule has 0 fully saturated rings. The van der Waals surface area contributed by atoms with Crippen molar-refractivity contribution in [1.82, 2.24) is 0 Å². The fourth-order valence-electron chi connectivity index (χ4n) is 1.75. The minimum absolute atomic E-state index is 0.569. The van der Waals surface area contributed by atoms with Crippen molar-refractivity contribution in [2.45, 2.75) is 20.4 Å². The van der Waals surface area contributed by atoms with Gasteiger partial charge in [-0.2, -0.15) is 0 Å². The Kier molecular flexibility index (Phi) is 4.61. The van der Waals surface area contributed by atoms with E-state index in [0.717, 1.165) is 11.0 Å². The first-order valence-electron chi connectivity index (χ1n) is 5.24. The first-order valence-corrected chi connectivity index (χ1v) is 6.04. The molecule has 0 unspecified atom stereocenters. The first kappa shape index (κ1) is 12.5. The second-order valence-electron chi connectivity index (χ2n) is 4.22. The van der Waals surface area contributed by atoms with Gasteiger partial charge < -0.3 is 10.6 Å². The highest BCUT2D eigenvalue weighted by atomic mass is 79.9. The molecule has 2 nitrogen and oxygen atoms in total. The van der Waals surface area contributed by atoms with Crippen molar-refractivity contribution in [3.05, 3.63) is 28.2 Å². The maximum atomic E-state index is 5.76. The van der Waals surface area contributed by atoms with Crippen LogP contribution in [-0.2, 0) is 6.54 Å². The fraction of sp³-hybridized carbons (Fsp3) is 0.500. The zero-order valence-corrected chi connectivity index (χ0v) is 11.2. The molecule has 0 radical (unpaired) electrons. The van der Waals surface area contributed by atoms with Gasteiger partial charge in [0.15, 0.2) is 0 Å². The summed E-state index contributed by atoms with van der Waals surface area (Å²) in [6, 6.07) is 6.21. The highest BCUT2D eigenvalue weighted by Gasteiger charge is 2.09. The third-order valence-electron chi connectivity index (χ3n) is 2.35. The number of benzene rings is 1. The largest absolute Gasteiger partial charge is 0.374 e. The van der Waals surface area contributed by atoms with Crippen molar-refractivity contribution in [2.75, 3.05) is 18.5 Å². The molecule has 1 aromatic carbocycles. The Bertz CT molecular complexity index is 323. The summed E-state index contributed by atoms with van der Waals surface area (Å²) in [7, 11) is 2.11. The molecule has 0 bridgehead atoms. The third-order valence-corrected chi connectivity index (χ3v) is 3.09. The van der Waals surface area contributed by atoms with Crippen LogP contribution in [0.1, 0.15) is 19.4 Å². The van der Waals surface area contributed by atoms with E-state index in [1.807, 2.05) is 6.07 Å². The lowest BCUT2D eigenvalue weighted by atomic mass is 10.1. The molecular weight excluding hydrogens is 252 g/mol. The number of rotatable bonds is 4. The van der Waals surface area contributed by atoms with Crippen LogP contribution in [0.15, 0.2) is 22.7 Å². The SMILES string of the molecule is CC(C)CN(C)c1cccc(Br)c1CN. The number of anilines is 1. The Morgan fingerprint density at radius 3 is 2.60 bits per heavy atom. The molecule has 15 heavy (non-hydrogen) atoms. The Balaban J connectivity index is 2.97. The van der Waals surface area contributed by atoms with Crippen LogP contribution >= 0.6 is 15.9 Å². The normalized spacial score (nSPS) is 10.8. The number of nitrogens with two attached hydrogens (primary N) is 1.